The van der Waals surface area contributed by atoms with Gasteiger partial charge in [0.25, 0.3) is 0 Å². The van der Waals surface area contributed by atoms with Gasteiger partial charge in [-0.1, -0.05) is 0 Å². The van der Waals surface area contributed by atoms with Gasteiger partial charge in [-0.05, 0) is 19.8 Å². The maximum Gasteiger partial charge on any atom is 0.320 e. The molecule has 1 aliphatic heterocycles. The predicted octanol–water partition coefficient (Wildman–Crippen LogP) is 0.481. The summed E-state index contributed by atoms with van der Waals surface area (Å²) in [5.41, 5.74) is 5.50. The molecular weight excluding hydrogens is 166 g/mol. The largest absolute Gasteiger partial charge is 0.328 e. The van der Waals surface area contributed by atoms with Crippen LogP contribution in [-0.2, 0) is 0 Å². The molecule has 0 spiro atoms. The van der Waals surface area contributed by atoms with Gasteiger partial charge < -0.3 is 15.5 Å². The van der Waals surface area contributed by atoms with Crippen LogP contribution in [0.2, 0.25) is 0 Å². The number of hydrogen-bond donors (Lipinski definition) is 1. The average Bonchev–Trinajstić information content (AvgIpc) is 2.67. The zero-order valence-electron chi connectivity index (χ0n) is 8.49. The highest BCUT2D eigenvalue weighted by atomic mass is 16.2. The fourth-order valence-electron chi connectivity index (χ4n) is 1.48. The van der Waals surface area contributed by atoms with Gasteiger partial charge in [0.15, 0.2) is 0 Å². The zero-order valence-corrected chi connectivity index (χ0v) is 8.49. The Balaban J connectivity index is 2.45. The molecule has 0 aromatic rings. The first-order valence-electron chi connectivity index (χ1n) is 4.88. The third kappa shape index (κ3) is 2.34. The Morgan fingerprint density at radius 2 is 2.08 bits per heavy atom. The zero-order chi connectivity index (χ0) is 9.84. The lowest BCUT2D eigenvalue weighted by atomic mass is 10.3. The summed E-state index contributed by atoms with van der Waals surface area (Å²) in [5, 5.41) is 0. The van der Waals surface area contributed by atoms with Gasteiger partial charge in [-0.3, -0.25) is 0 Å². The van der Waals surface area contributed by atoms with E-state index in [1.807, 2.05) is 18.9 Å². The van der Waals surface area contributed by atoms with Gasteiger partial charge in [-0.15, -0.1) is 0 Å². The smallest absolute Gasteiger partial charge is 0.320 e. The molecule has 76 valence electrons. The molecule has 1 aliphatic rings. The van der Waals surface area contributed by atoms with Gasteiger partial charge >= 0.3 is 6.03 Å². The number of likely N-dealkylation sites (N-methyl/N-ethyl adjacent to an activating group) is 1. The molecule has 13 heavy (non-hydrogen) atoms. The molecule has 0 saturated carbocycles. The first-order chi connectivity index (χ1) is 6.16. The molecule has 1 fully saturated rings. The van der Waals surface area contributed by atoms with Crippen LogP contribution in [0.15, 0.2) is 0 Å². The Labute approximate surface area is 79.7 Å². The molecule has 1 atom stereocenters. The molecule has 0 aromatic carbocycles. The first kappa shape index (κ1) is 10.3. The van der Waals surface area contributed by atoms with E-state index >= 15 is 0 Å². The number of nitrogens with zero attached hydrogens (tertiary/aromatic N) is 2. The molecule has 0 bridgehead atoms. The van der Waals surface area contributed by atoms with E-state index in [-0.39, 0.29) is 12.1 Å². The number of rotatable bonds is 2. The van der Waals surface area contributed by atoms with Gasteiger partial charge in [0, 0.05) is 32.7 Å². The molecule has 4 nitrogen and oxygen atoms in total. The monoisotopic (exact) mass is 185 g/mol. The minimum Gasteiger partial charge on any atom is -0.328 e. The summed E-state index contributed by atoms with van der Waals surface area (Å²) < 4.78 is 0. The maximum atomic E-state index is 11.7. The lowest BCUT2D eigenvalue weighted by Crippen LogP contribution is -2.46. The first-order valence-corrected chi connectivity index (χ1v) is 4.88. The molecule has 4 heteroatoms. The highest BCUT2D eigenvalue weighted by Gasteiger charge is 2.23. The number of likely N-dealkylation sites (tertiary alicyclic amines) is 1. The van der Waals surface area contributed by atoms with Crippen molar-refractivity contribution in [3.8, 4) is 0 Å². The predicted molar refractivity (Wildman–Crippen MR) is 52.5 cm³/mol. The van der Waals surface area contributed by atoms with E-state index < -0.39 is 0 Å². The van der Waals surface area contributed by atoms with Crippen molar-refractivity contribution in [1.82, 2.24) is 9.80 Å². The van der Waals surface area contributed by atoms with Crippen molar-refractivity contribution in [3.63, 3.8) is 0 Å². The van der Waals surface area contributed by atoms with Crippen LogP contribution in [0.4, 0.5) is 4.79 Å². The van der Waals surface area contributed by atoms with Crippen molar-refractivity contribution in [2.24, 2.45) is 5.73 Å². The van der Waals surface area contributed by atoms with Crippen molar-refractivity contribution >= 4 is 6.03 Å². The number of hydrogen-bond acceptors (Lipinski definition) is 2. The van der Waals surface area contributed by atoms with Crippen LogP contribution in [0.3, 0.4) is 0 Å². The van der Waals surface area contributed by atoms with Gasteiger partial charge in [-0.25, -0.2) is 4.79 Å². The Bertz CT molecular complexity index is 178. The van der Waals surface area contributed by atoms with E-state index in [0.29, 0.717) is 6.54 Å². The summed E-state index contributed by atoms with van der Waals surface area (Å²) in [6.07, 6.45) is 2.27. The van der Waals surface area contributed by atoms with E-state index in [0.717, 1.165) is 25.9 Å². The maximum absolute atomic E-state index is 11.7. The lowest BCUT2D eigenvalue weighted by molar-refractivity contribution is 0.160. The van der Waals surface area contributed by atoms with Crippen LogP contribution in [0.5, 0.6) is 0 Å². The summed E-state index contributed by atoms with van der Waals surface area (Å²) in [5.74, 6) is 0. The average molecular weight is 185 g/mol. The van der Waals surface area contributed by atoms with E-state index in [1.54, 1.807) is 4.90 Å². The summed E-state index contributed by atoms with van der Waals surface area (Å²) in [4.78, 5) is 15.4. The van der Waals surface area contributed by atoms with Crippen LogP contribution in [0.25, 0.3) is 0 Å². The fourth-order valence-corrected chi connectivity index (χ4v) is 1.48. The third-order valence-corrected chi connectivity index (χ3v) is 2.68. The van der Waals surface area contributed by atoms with Crippen LogP contribution >= 0.6 is 0 Å². The summed E-state index contributed by atoms with van der Waals surface area (Å²) >= 11 is 0. The van der Waals surface area contributed by atoms with Crippen LogP contribution < -0.4 is 5.73 Å². The second-order valence-electron chi connectivity index (χ2n) is 3.67. The van der Waals surface area contributed by atoms with Gasteiger partial charge in [-0.2, -0.15) is 0 Å². The van der Waals surface area contributed by atoms with Crippen molar-refractivity contribution < 1.29 is 4.79 Å². The summed E-state index contributed by atoms with van der Waals surface area (Å²) in [6.45, 7) is 4.30. The van der Waals surface area contributed by atoms with E-state index in [1.165, 1.54) is 0 Å². The molecule has 2 N–H and O–H groups in total. The van der Waals surface area contributed by atoms with Crippen molar-refractivity contribution in [1.29, 1.82) is 0 Å². The minimum atomic E-state index is 0.121. The Hall–Kier alpha value is -0.770. The second-order valence-corrected chi connectivity index (χ2v) is 3.67. The lowest BCUT2D eigenvalue weighted by Gasteiger charge is -2.28. The number of carbonyl (C=O) groups is 1. The third-order valence-electron chi connectivity index (χ3n) is 2.68. The SMILES string of the molecule is CC(CN)N(C)C(=O)N1CCCC1. The molecule has 0 aromatic heterocycles. The molecule has 1 saturated heterocycles. The fraction of sp³-hybridized carbons (Fsp3) is 0.889. The molecular formula is C9H19N3O. The van der Waals surface area contributed by atoms with Gasteiger partial charge in [0.05, 0.1) is 0 Å². The number of urea groups is 1. The Morgan fingerprint density at radius 1 is 1.54 bits per heavy atom. The molecule has 2 amide bonds. The number of amides is 2. The molecule has 1 heterocycles. The van der Waals surface area contributed by atoms with E-state index in [4.69, 9.17) is 5.73 Å². The molecule has 1 unspecified atom stereocenters. The van der Waals surface area contributed by atoms with Gasteiger partial charge in [0.2, 0.25) is 0 Å². The standard InChI is InChI=1S/C9H19N3O/c1-8(7-10)11(2)9(13)12-5-3-4-6-12/h8H,3-7,10H2,1-2H3. The van der Waals surface area contributed by atoms with Gasteiger partial charge in [0.1, 0.15) is 0 Å². The minimum absolute atomic E-state index is 0.121. The Morgan fingerprint density at radius 3 is 2.54 bits per heavy atom. The van der Waals surface area contributed by atoms with Crippen LogP contribution in [0, 0.1) is 0 Å². The Kier molecular flexibility index (Phi) is 3.54. The van der Waals surface area contributed by atoms with E-state index in [9.17, 15) is 4.79 Å². The summed E-state index contributed by atoms with van der Waals surface area (Å²) in [7, 11) is 1.82. The van der Waals surface area contributed by atoms with Crippen LogP contribution in [-0.4, -0.2) is 48.6 Å². The molecule has 0 radical (unpaired) electrons. The second kappa shape index (κ2) is 4.46. The quantitative estimate of drug-likeness (QED) is 0.680. The number of nitrogens with two attached hydrogens (primary N) is 1. The summed E-state index contributed by atoms with van der Waals surface area (Å²) in [6, 6.07) is 0.253. The molecule has 1 rings (SSSR count). The topological polar surface area (TPSA) is 49.6 Å². The van der Waals surface area contributed by atoms with Crippen molar-refractivity contribution in [2.45, 2.75) is 25.8 Å². The van der Waals surface area contributed by atoms with Crippen molar-refractivity contribution in [2.75, 3.05) is 26.7 Å². The molecule has 0 aliphatic carbocycles. The van der Waals surface area contributed by atoms with Crippen LogP contribution in [0.1, 0.15) is 19.8 Å². The highest BCUT2D eigenvalue weighted by molar-refractivity contribution is 5.74. The number of carbonyl (C=O) groups excluding carboxylic acids is 1. The van der Waals surface area contributed by atoms with E-state index in [2.05, 4.69) is 0 Å². The normalized spacial score (nSPS) is 18.8. The van der Waals surface area contributed by atoms with Crippen molar-refractivity contribution in [3.05, 3.63) is 0 Å². The highest BCUT2D eigenvalue weighted by Crippen LogP contribution is 2.10.